The zero-order valence-electron chi connectivity index (χ0n) is 20.7. The monoisotopic (exact) mass is 504 g/mol. The molecule has 0 bridgehead atoms. The van der Waals surface area contributed by atoms with Crippen molar-refractivity contribution >= 4 is 12.0 Å². The lowest BCUT2D eigenvalue weighted by Gasteiger charge is -2.30. The van der Waals surface area contributed by atoms with E-state index in [9.17, 15) is 22.8 Å². The molecule has 2 aliphatic heterocycles. The highest BCUT2D eigenvalue weighted by Gasteiger charge is 2.46. The molecule has 2 aromatic rings. The van der Waals surface area contributed by atoms with Gasteiger partial charge in [0, 0.05) is 25.2 Å². The van der Waals surface area contributed by atoms with E-state index in [0.29, 0.717) is 56.7 Å². The largest absolute Gasteiger partial charge is 0.444 e. The lowest BCUT2D eigenvalue weighted by Crippen LogP contribution is -2.40. The number of carbonyl (C=O) groups excluding carboxylic acids is 2. The fraction of sp³-hybridized carbons (Fsp3) is 0.577. The number of H-pyrrole nitrogens is 1. The van der Waals surface area contributed by atoms with Crippen LogP contribution in [-0.2, 0) is 23.9 Å². The van der Waals surface area contributed by atoms with Gasteiger partial charge in [-0.1, -0.05) is 18.2 Å². The second kappa shape index (κ2) is 8.81. The van der Waals surface area contributed by atoms with Crippen LogP contribution in [0, 0.1) is 11.8 Å². The van der Waals surface area contributed by atoms with Crippen LogP contribution in [-0.4, -0.2) is 57.2 Å². The Bertz CT molecular complexity index is 1160. The smallest absolute Gasteiger partial charge is 0.416 e. The summed E-state index contributed by atoms with van der Waals surface area (Å²) in [5.41, 5.74) is 1.17. The summed E-state index contributed by atoms with van der Waals surface area (Å²) >= 11 is 0. The Morgan fingerprint density at radius 2 is 1.72 bits per heavy atom. The third-order valence-corrected chi connectivity index (χ3v) is 7.53. The molecular weight excluding hydrogens is 473 g/mol. The first kappa shape index (κ1) is 24.6. The molecule has 3 atom stereocenters. The van der Waals surface area contributed by atoms with E-state index in [2.05, 4.69) is 10.2 Å². The minimum Gasteiger partial charge on any atom is -0.444 e. The number of amides is 2. The van der Waals surface area contributed by atoms with Gasteiger partial charge in [-0.3, -0.25) is 9.89 Å². The molecule has 1 aliphatic carbocycles. The molecule has 10 heteroatoms. The minimum atomic E-state index is -4.37. The number of benzene rings is 1. The SMILES string of the molecule is CC(C)(C)OC(=O)N1CCc2c(C(=O)N3C[C@H]4C[C@@H](c5ccccc5C(F)(F)F)C[C@H]4C3)n[nH]c2C1. The summed E-state index contributed by atoms with van der Waals surface area (Å²) in [4.78, 5) is 29.1. The number of fused-ring (bicyclic) bond motifs is 2. The summed E-state index contributed by atoms with van der Waals surface area (Å²) in [6.45, 7) is 7.24. The Balaban J connectivity index is 1.23. The number of halogens is 3. The molecule has 2 amide bonds. The van der Waals surface area contributed by atoms with Gasteiger partial charge in [0.1, 0.15) is 5.60 Å². The fourth-order valence-electron chi connectivity index (χ4n) is 5.96. The van der Waals surface area contributed by atoms with E-state index in [1.54, 1.807) is 21.9 Å². The van der Waals surface area contributed by atoms with Crippen LogP contribution < -0.4 is 0 Å². The zero-order chi connectivity index (χ0) is 25.8. The van der Waals surface area contributed by atoms with Gasteiger partial charge in [0.2, 0.25) is 0 Å². The molecule has 0 unspecified atom stereocenters. The molecule has 1 N–H and O–H groups in total. The van der Waals surface area contributed by atoms with Gasteiger partial charge in [-0.15, -0.1) is 0 Å². The van der Waals surface area contributed by atoms with Crippen LogP contribution in [0.4, 0.5) is 18.0 Å². The number of ether oxygens (including phenoxy) is 1. The number of rotatable bonds is 2. The van der Waals surface area contributed by atoms with E-state index in [1.165, 1.54) is 6.07 Å². The number of likely N-dealkylation sites (tertiary alicyclic amines) is 1. The Hall–Kier alpha value is -3.04. The van der Waals surface area contributed by atoms with E-state index in [1.807, 2.05) is 20.8 Å². The quantitative estimate of drug-likeness (QED) is 0.625. The van der Waals surface area contributed by atoms with Crippen molar-refractivity contribution < 1.29 is 27.5 Å². The minimum absolute atomic E-state index is 0.146. The standard InChI is InChI=1S/C26H31F3N4O3/c1-25(2,3)36-24(35)32-9-8-19-21(14-32)30-31-22(19)23(34)33-12-16-10-15(11-17(16)13-33)18-6-4-5-7-20(18)26(27,28)29/h4-7,15-17H,8-14H2,1-3H3,(H,30,31)/t15-,16-,17+. The number of alkyl halides is 3. The Labute approximate surface area is 208 Å². The average molecular weight is 505 g/mol. The van der Waals surface area contributed by atoms with E-state index < -0.39 is 23.4 Å². The third-order valence-electron chi connectivity index (χ3n) is 7.53. The van der Waals surface area contributed by atoms with Crippen molar-refractivity contribution in [3.05, 3.63) is 52.3 Å². The van der Waals surface area contributed by atoms with Gasteiger partial charge >= 0.3 is 12.3 Å². The number of nitrogens with one attached hydrogen (secondary N) is 1. The summed E-state index contributed by atoms with van der Waals surface area (Å²) in [5, 5.41) is 7.21. The molecule has 7 nitrogen and oxygen atoms in total. The molecular formula is C26H31F3N4O3. The van der Waals surface area contributed by atoms with Crippen molar-refractivity contribution in [1.29, 1.82) is 0 Å². The second-order valence-electron chi connectivity index (χ2n) is 11.2. The third kappa shape index (κ3) is 4.69. The number of hydrogen-bond donors (Lipinski definition) is 1. The normalized spacial score (nSPS) is 24.0. The van der Waals surface area contributed by atoms with Gasteiger partial charge in [-0.05, 0) is 69.4 Å². The number of aromatic amines is 1. The summed E-state index contributed by atoms with van der Waals surface area (Å²) in [6, 6.07) is 5.84. The molecule has 5 rings (SSSR count). The highest BCUT2D eigenvalue weighted by atomic mass is 19.4. The highest BCUT2D eigenvalue weighted by Crippen LogP contribution is 2.49. The second-order valence-corrected chi connectivity index (χ2v) is 11.2. The van der Waals surface area contributed by atoms with Crippen LogP contribution in [0.1, 0.15) is 72.4 Å². The molecule has 1 aromatic carbocycles. The van der Waals surface area contributed by atoms with Crippen LogP contribution in [0.3, 0.4) is 0 Å². The first-order valence-electron chi connectivity index (χ1n) is 12.4. The van der Waals surface area contributed by atoms with Crippen molar-refractivity contribution in [3.8, 4) is 0 Å². The summed E-state index contributed by atoms with van der Waals surface area (Å²) in [5.74, 6) is 0.0576. The van der Waals surface area contributed by atoms with Gasteiger partial charge in [-0.2, -0.15) is 18.3 Å². The summed E-state index contributed by atoms with van der Waals surface area (Å²) < 4.78 is 46.0. The molecule has 1 saturated heterocycles. The van der Waals surface area contributed by atoms with Crippen LogP contribution in [0.2, 0.25) is 0 Å². The number of carbonyl (C=O) groups is 2. The Morgan fingerprint density at radius 1 is 1.06 bits per heavy atom. The first-order chi connectivity index (χ1) is 16.9. The molecule has 36 heavy (non-hydrogen) atoms. The maximum Gasteiger partial charge on any atom is 0.416 e. The highest BCUT2D eigenvalue weighted by molar-refractivity contribution is 5.94. The van der Waals surface area contributed by atoms with E-state index in [-0.39, 0.29) is 23.7 Å². The molecule has 3 heterocycles. The topological polar surface area (TPSA) is 78.5 Å². The molecule has 1 aromatic heterocycles. The summed E-state index contributed by atoms with van der Waals surface area (Å²) in [6.07, 6.45) is -2.97. The first-order valence-corrected chi connectivity index (χ1v) is 12.4. The summed E-state index contributed by atoms with van der Waals surface area (Å²) in [7, 11) is 0. The number of aromatic nitrogens is 2. The van der Waals surface area contributed by atoms with Crippen molar-refractivity contribution in [3.63, 3.8) is 0 Å². The fourth-order valence-corrected chi connectivity index (χ4v) is 5.96. The van der Waals surface area contributed by atoms with E-state index in [0.717, 1.165) is 17.3 Å². The molecule has 0 spiro atoms. The van der Waals surface area contributed by atoms with Gasteiger partial charge in [0.05, 0.1) is 17.8 Å². The van der Waals surface area contributed by atoms with E-state index >= 15 is 0 Å². The van der Waals surface area contributed by atoms with Crippen LogP contribution in [0.5, 0.6) is 0 Å². The predicted octanol–water partition coefficient (Wildman–Crippen LogP) is 4.99. The maximum atomic E-state index is 13.5. The lowest BCUT2D eigenvalue weighted by molar-refractivity contribution is -0.138. The van der Waals surface area contributed by atoms with Crippen molar-refractivity contribution in [1.82, 2.24) is 20.0 Å². The van der Waals surface area contributed by atoms with Gasteiger partial charge in [-0.25, -0.2) is 4.79 Å². The molecule has 194 valence electrons. The average Bonchev–Trinajstić information content (AvgIpc) is 3.49. The Kier molecular flexibility index (Phi) is 6.03. The van der Waals surface area contributed by atoms with Crippen LogP contribution in [0.15, 0.2) is 24.3 Å². The van der Waals surface area contributed by atoms with Crippen molar-refractivity contribution in [2.24, 2.45) is 11.8 Å². The maximum absolute atomic E-state index is 13.5. The molecule has 2 fully saturated rings. The lowest BCUT2D eigenvalue weighted by atomic mass is 9.91. The van der Waals surface area contributed by atoms with E-state index in [4.69, 9.17) is 4.74 Å². The number of nitrogens with zero attached hydrogens (tertiary/aromatic N) is 3. The van der Waals surface area contributed by atoms with Crippen molar-refractivity contribution in [2.45, 2.75) is 64.3 Å². The Morgan fingerprint density at radius 3 is 2.36 bits per heavy atom. The number of hydrogen-bond acceptors (Lipinski definition) is 4. The predicted molar refractivity (Wildman–Crippen MR) is 125 cm³/mol. The van der Waals surface area contributed by atoms with Crippen molar-refractivity contribution in [2.75, 3.05) is 19.6 Å². The van der Waals surface area contributed by atoms with Crippen LogP contribution >= 0.6 is 0 Å². The molecule has 3 aliphatic rings. The zero-order valence-corrected chi connectivity index (χ0v) is 20.7. The van der Waals surface area contributed by atoms with Gasteiger partial charge < -0.3 is 14.5 Å². The molecule has 1 saturated carbocycles. The van der Waals surface area contributed by atoms with Crippen LogP contribution in [0.25, 0.3) is 0 Å². The van der Waals surface area contributed by atoms with Gasteiger partial charge in [0.15, 0.2) is 5.69 Å². The molecule has 0 radical (unpaired) electrons. The van der Waals surface area contributed by atoms with Gasteiger partial charge in [0.25, 0.3) is 5.91 Å².